The summed E-state index contributed by atoms with van der Waals surface area (Å²) in [6, 6.07) is 4.11. The molecule has 2 aromatic rings. The maximum Gasteiger partial charge on any atom is 0.276 e. The molecule has 0 saturated heterocycles. The molecule has 1 heterocycles. The molecule has 0 aliphatic rings. The van der Waals surface area contributed by atoms with Crippen molar-refractivity contribution < 1.29 is 22.0 Å². The number of halogens is 3. The fraction of sp³-hybridized carbons (Fsp3) is 0.167. The van der Waals surface area contributed by atoms with E-state index in [4.69, 9.17) is 11.6 Å². The van der Waals surface area contributed by atoms with Gasteiger partial charge in [-0.1, -0.05) is 11.6 Å². The van der Waals surface area contributed by atoms with Crippen LogP contribution in [-0.2, 0) is 15.7 Å². The van der Waals surface area contributed by atoms with Crippen molar-refractivity contribution in [1.29, 1.82) is 0 Å². The first-order valence-corrected chi connectivity index (χ1v) is 8.27. The molecule has 6 nitrogen and oxygen atoms in total. The zero-order chi connectivity index (χ0) is 16.5. The van der Waals surface area contributed by atoms with Gasteiger partial charge in [-0.25, -0.2) is 17.5 Å². The summed E-state index contributed by atoms with van der Waals surface area (Å²) in [5.41, 5.74) is -0.215. The first kappa shape index (κ1) is 16.4. The van der Waals surface area contributed by atoms with Crippen LogP contribution in [0.2, 0.25) is 5.02 Å². The van der Waals surface area contributed by atoms with Crippen LogP contribution in [-0.4, -0.2) is 30.4 Å². The number of rotatable bonds is 4. The lowest BCUT2D eigenvalue weighted by atomic mass is 10.3. The maximum atomic E-state index is 13.6. The van der Waals surface area contributed by atoms with E-state index in [1.165, 1.54) is 6.07 Å². The molecule has 1 N–H and O–H groups in total. The van der Waals surface area contributed by atoms with E-state index >= 15 is 0 Å². The number of nitrogens with zero attached hydrogens (tertiary/aromatic N) is 2. The number of hydrogen-bond donors (Lipinski definition) is 1. The number of nitrogens with one attached hydrogen (secondary N) is 1. The van der Waals surface area contributed by atoms with E-state index < -0.39 is 33.4 Å². The summed E-state index contributed by atoms with van der Waals surface area (Å²) in [7, 11) is -3.52. The van der Waals surface area contributed by atoms with Gasteiger partial charge in [0, 0.05) is 12.3 Å². The quantitative estimate of drug-likeness (QED) is 0.916. The van der Waals surface area contributed by atoms with Crippen molar-refractivity contribution >= 4 is 33.0 Å². The van der Waals surface area contributed by atoms with Crippen molar-refractivity contribution in [1.82, 2.24) is 9.78 Å². The minimum Gasteiger partial charge on any atom is -0.319 e. The number of aromatic nitrogens is 2. The number of amides is 1. The largest absolute Gasteiger partial charge is 0.319 e. The molecule has 0 bridgehead atoms. The molecule has 0 aliphatic carbocycles. The first-order chi connectivity index (χ1) is 10.2. The third kappa shape index (κ3) is 4.01. The van der Waals surface area contributed by atoms with Gasteiger partial charge in [0.1, 0.15) is 11.7 Å². The molecule has 0 aliphatic heterocycles. The Balaban J connectivity index is 2.21. The monoisotopic (exact) mass is 349 g/mol. The zero-order valence-electron chi connectivity index (χ0n) is 11.2. The third-order valence-corrected chi connectivity index (χ3v) is 3.53. The van der Waals surface area contributed by atoms with Gasteiger partial charge >= 0.3 is 0 Å². The molecule has 0 saturated carbocycles. The molecule has 1 aromatic carbocycles. The highest BCUT2D eigenvalue weighted by atomic mass is 35.5. The standard InChI is InChI=1S/C12H10ClF2N3O3S/c1-22(20,21)6-18-11(15)5-10(17-18)12(19)16-9-3-2-7(14)4-8(9)13/h2-5H,6H2,1H3,(H,16,19). The van der Waals surface area contributed by atoms with Crippen molar-refractivity contribution in [3.8, 4) is 0 Å². The fourth-order valence-corrected chi connectivity index (χ4v) is 2.43. The highest BCUT2D eigenvalue weighted by Crippen LogP contribution is 2.23. The van der Waals surface area contributed by atoms with Gasteiger partial charge in [-0.2, -0.15) is 9.49 Å². The topological polar surface area (TPSA) is 81.1 Å². The minimum atomic E-state index is -3.52. The number of sulfone groups is 1. The Morgan fingerprint density at radius 3 is 2.64 bits per heavy atom. The van der Waals surface area contributed by atoms with Crippen LogP contribution in [0.25, 0.3) is 0 Å². The van der Waals surface area contributed by atoms with Crippen LogP contribution in [0.4, 0.5) is 14.5 Å². The summed E-state index contributed by atoms with van der Waals surface area (Å²) >= 11 is 5.75. The van der Waals surface area contributed by atoms with Crippen molar-refractivity contribution in [2.45, 2.75) is 5.88 Å². The van der Waals surface area contributed by atoms with Gasteiger partial charge in [-0.15, -0.1) is 0 Å². The van der Waals surface area contributed by atoms with E-state index in [-0.39, 0.29) is 16.4 Å². The Hall–Kier alpha value is -2.00. The molecule has 118 valence electrons. The molecule has 1 amide bonds. The normalized spacial score (nSPS) is 11.5. The Morgan fingerprint density at radius 2 is 2.05 bits per heavy atom. The Labute approximate surface area is 129 Å². The summed E-state index contributed by atoms with van der Waals surface area (Å²) in [5, 5.41) is 5.86. The Bertz CT molecular complexity index is 836. The second kappa shape index (κ2) is 6.01. The molecule has 0 atom stereocenters. The number of anilines is 1. The highest BCUT2D eigenvalue weighted by molar-refractivity contribution is 7.89. The van der Waals surface area contributed by atoms with Crippen LogP contribution in [0.3, 0.4) is 0 Å². The molecule has 0 radical (unpaired) electrons. The number of hydrogen-bond acceptors (Lipinski definition) is 4. The third-order valence-electron chi connectivity index (χ3n) is 2.50. The predicted octanol–water partition coefficient (Wildman–Crippen LogP) is 2.07. The Kier molecular flexibility index (Phi) is 4.47. The molecule has 2 rings (SSSR count). The van der Waals surface area contributed by atoms with Gasteiger partial charge in [0.05, 0.1) is 10.7 Å². The van der Waals surface area contributed by atoms with Gasteiger partial charge < -0.3 is 5.32 Å². The summed E-state index contributed by atoms with van der Waals surface area (Å²) < 4.78 is 49.2. The van der Waals surface area contributed by atoms with Gasteiger partial charge in [0.2, 0.25) is 5.95 Å². The number of carbonyl (C=O) groups is 1. The van der Waals surface area contributed by atoms with Crippen molar-refractivity contribution in [3.63, 3.8) is 0 Å². The van der Waals surface area contributed by atoms with Crippen molar-refractivity contribution in [3.05, 3.63) is 46.7 Å². The van der Waals surface area contributed by atoms with E-state index in [9.17, 15) is 22.0 Å². The lowest BCUT2D eigenvalue weighted by molar-refractivity contribution is 0.102. The molecule has 0 spiro atoms. The van der Waals surface area contributed by atoms with Crippen LogP contribution in [0.5, 0.6) is 0 Å². The molecule has 10 heteroatoms. The lowest BCUT2D eigenvalue weighted by Crippen LogP contribution is -2.15. The number of benzene rings is 1. The van der Waals surface area contributed by atoms with Gasteiger partial charge in [0.25, 0.3) is 5.91 Å². The molecule has 22 heavy (non-hydrogen) atoms. The van der Waals surface area contributed by atoms with Crippen LogP contribution in [0.1, 0.15) is 10.5 Å². The SMILES string of the molecule is CS(=O)(=O)Cn1nc(C(=O)Nc2ccc(F)cc2Cl)cc1F. The van der Waals surface area contributed by atoms with Gasteiger partial charge in [-0.3, -0.25) is 4.79 Å². The Morgan fingerprint density at radius 1 is 1.36 bits per heavy atom. The second-order valence-electron chi connectivity index (χ2n) is 4.48. The summed E-state index contributed by atoms with van der Waals surface area (Å²) in [5.74, 6) is -3.05. The average molecular weight is 350 g/mol. The van der Waals surface area contributed by atoms with E-state index in [1.807, 2.05) is 0 Å². The highest BCUT2D eigenvalue weighted by Gasteiger charge is 2.17. The van der Waals surface area contributed by atoms with Crippen LogP contribution in [0.15, 0.2) is 24.3 Å². The lowest BCUT2D eigenvalue weighted by Gasteiger charge is -2.05. The van der Waals surface area contributed by atoms with E-state index in [0.29, 0.717) is 4.68 Å². The van der Waals surface area contributed by atoms with Crippen LogP contribution in [0, 0.1) is 11.8 Å². The molecular formula is C12H10ClF2N3O3S. The van der Waals surface area contributed by atoms with Gasteiger partial charge in [-0.05, 0) is 18.2 Å². The van der Waals surface area contributed by atoms with Crippen molar-refractivity contribution in [2.75, 3.05) is 11.6 Å². The van der Waals surface area contributed by atoms with Gasteiger partial charge in [0.15, 0.2) is 15.5 Å². The minimum absolute atomic E-state index is 0.0376. The molecule has 0 fully saturated rings. The van der Waals surface area contributed by atoms with Crippen LogP contribution >= 0.6 is 11.6 Å². The zero-order valence-corrected chi connectivity index (χ0v) is 12.8. The average Bonchev–Trinajstić information content (AvgIpc) is 2.72. The van der Waals surface area contributed by atoms with Crippen LogP contribution < -0.4 is 5.32 Å². The second-order valence-corrected chi connectivity index (χ2v) is 7.00. The summed E-state index contributed by atoms with van der Waals surface area (Å²) in [4.78, 5) is 11.9. The molecular weight excluding hydrogens is 340 g/mol. The number of carbonyl (C=O) groups excluding carboxylic acids is 1. The molecule has 1 aromatic heterocycles. The summed E-state index contributed by atoms with van der Waals surface area (Å²) in [6.07, 6.45) is 0.909. The van der Waals surface area contributed by atoms with Crippen molar-refractivity contribution in [2.24, 2.45) is 0 Å². The maximum absolute atomic E-state index is 13.6. The van der Waals surface area contributed by atoms with E-state index in [2.05, 4.69) is 10.4 Å². The smallest absolute Gasteiger partial charge is 0.276 e. The predicted molar refractivity (Wildman–Crippen MR) is 76.4 cm³/mol. The van der Waals surface area contributed by atoms with E-state index in [0.717, 1.165) is 24.5 Å². The summed E-state index contributed by atoms with van der Waals surface area (Å²) in [6.45, 7) is 0. The fourth-order valence-electron chi connectivity index (χ4n) is 1.59. The first-order valence-electron chi connectivity index (χ1n) is 5.83. The molecule has 0 unspecified atom stereocenters. The van der Waals surface area contributed by atoms with E-state index in [1.54, 1.807) is 0 Å².